The summed E-state index contributed by atoms with van der Waals surface area (Å²) in [6.45, 7) is 4.84. The number of rotatable bonds is 6. The van der Waals surface area contributed by atoms with E-state index in [4.69, 9.17) is 10.00 Å². The summed E-state index contributed by atoms with van der Waals surface area (Å²) in [6, 6.07) is 2.17. The molecule has 1 aromatic heterocycles. The third-order valence-electron chi connectivity index (χ3n) is 1.88. The number of hydrogen-bond donors (Lipinski definition) is 0. The number of ether oxygens (including phenoxy) is 1. The molecule has 0 radical (unpaired) electrons. The molecule has 0 aliphatic carbocycles. The molecule has 5 heteroatoms. The lowest BCUT2D eigenvalue weighted by Gasteiger charge is -2.00. The summed E-state index contributed by atoms with van der Waals surface area (Å²) >= 11 is 3.50. The van der Waals surface area contributed by atoms with Crippen LogP contribution in [0.3, 0.4) is 0 Å². The monoisotopic (exact) mass is 256 g/mol. The maximum atomic E-state index is 8.72. The second-order valence-electron chi connectivity index (χ2n) is 3.61. The summed E-state index contributed by atoms with van der Waals surface area (Å²) in [5, 5.41) is 10.4. The molecular weight excluding hydrogens is 240 g/mol. The fourth-order valence-corrected chi connectivity index (χ4v) is 2.98. The number of aromatic nitrogens is 1. The van der Waals surface area contributed by atoms with Crippen molar-refractivity contribution in [2.45, 2.75) is 37.9 Å². The summed E-state index contributed by atoms with van der Waals surface area (Å²) in [5.74, 6) is 0.921. The summed E-state index contributed by atoms with van der Waals surface area (Å²) in [6.07, 6.45) is 0.433. The number of thiazole rings is 1. The Labute approximate surface area is 105 Å². The fourth-order valence-electron chi connectivity index (χ4n) is 1.20. The molecule has 1 aromatic rings. The van der Waals surface area contributed by atoms with Crippen molar-refractivity contribution in [1.82, 2.24) is 4.98 Å². The van der Waals surface area contributed by atoms with E-state index in [-0.39, 0.29) is 0 Å². The highest BCUT2D eigenvalue weighted by Gasteiger charge is 2.11. The van der Waals surface area contributed by atoms with Gasteiger partial charge in [0.1, 0.15) is 5.01 Å². The molecule has 0 spiro atoms. The van der Waals surface area contributed by atoms with Crippen molar-refractivity contribution in [3.8, 4) is 6.07 Å². The van der Waals surface area contributed by atoms with Crippen LogP contribution in [-0.4, -0.2) is 17.3 Å². The largest absolute Gasteiger partial charge is 0.378 e. The highest BCUT2D eigenvalue weighted by molar-refractivity contribution is 7.99. The summed E-state index contributed by atoms with van der Waals surface area (Å²) in [7, 11) is 1.65. The standard InChI is InChI=1S/C11H16N2OS2/c1-8(2)15-7-11-13-9(6-14-3)10(16-11)4-5-12/h8H,4,6-7H2,1-3H3. The first kappa shape index (κ1) is 13.5. The normalized spacial score (nSPS) is 10.7. The molecule has 0 aliphatic heterocycles. The molecule has 0 atom stereocenters. The van der Waals surface area contributed by atoms with Crippen molar-refractivity contribution in [2.75, 3.05) is 7.11 Å². The molecule has 3 nitrogen and oxygen atoms in total. The molecule has 0 bridgehead atoms. The second-order valence-corrected chi connectivity index (χ2v) is 6.34. The zero-order valence-electron chi connectivity index (χ0n) is 9.82. The van der Waals surface area contributed by atoms with Gasteiger partial charge in [-0.15, -0.1) is 11.3 Å². The number of thioether (sulfide) groups is 1. The maximum absolute atomic E-state index is 8.72. The molecule has 0 fully saturated rings. The highest BCUT2D eigenvalue weighted by atomic mass is 32.2. The van der Waals surface area contributed by atoms with Crippen LogP contribution in [0.25, 0.3) is 0 Å². The average molecular weight is 256 g/mol. The molecule has 0 unspecified atom stereocenters. The number of nitrogens with zero attached hydrogens (tertiary/aromatic N) is 2. The highest BCUT2D eigenvalue weighted by Crippen LogP contribution is 2.25. The Morgan fingerprint density at radius 2 is 2.31 bits per heavy atom. The van der Waals surface area contributed by atoms with Crippen LogP contribution < -0.4 is 0 Å². The van der Waals surface area contributed by atoms with E-state index in [0.29, 0.717) is 18.3 Å². The zero-order chi connectivity index (χ0) is 12.0. The Balaban J connectivity index is 2.72. The molecule has 16 heavy (non-hydrogen) atoms. The van der Waals surface area contributed by atoms with Gasteiger partial charge in [0.15, 0.2) is 0 Å². The van der Waals surface area contributed by atoms with Gasteiger partial charge in [0, 0.05) is 17.7 Å². The van der Waals surface area contributed by atoms with Crippen LogP contribution in [-0.2, 0) is 23.5 Å². The van der Waals surface area contributed by atoms with E-state index in [2.05, 4.69) is 24.9 Å². The van der Waals surface area contributed by atoms with Gasteiger partial charge < -0.3 is 4.74 Å². The molecule has 0 aromatic carbocycles. The Morgan fingerprint density at radius 3 is 2.88 bits per heavy atom. The first-order valence-electron chi connectivity index (χ1n) is 5.12. The van der Waals surface area contributed by atoms with E-state index in [1.54, 1.807) is 18.4 Å². The minimum absolute atomic E-state index is 0.433. The van der Waals surface area contributed by atoms with E-state index >= 15 is 0 Å². The quantitative estimate of drug-likeness (QED) is 0.785. The Hall–Kier alpha value is -0.570. The second kappa shape index (κ2) is 6.89. The van der Waals surface area contributed by atoms with Gasteiger partial charge in [-0.25, -0.2) is 4.98 Å². The van der Waals surface area contributed by atoms with Gasteiger partial charge >= 0.3 is 0 Å². The van der Waals surface area contributed by atoms with Gasteiger partial charge in [-0.2, -0.15) is 17.0 Å². The predicted octanol–water partition coefficient (Wildman–Crippen LogP) is 3.00. The number of nitriles is 1. The molecule has 1 rings (SSSR count). The van der Waals surface area contributed by atoms with Gasteiger partial charge in [0.05, 0.1) is 24.8 Å². The average Bonchev–Trinajstić information content (AvgIpc) is 2.59. The van der Waals surface area contributed by atoms with Gasteiger partial charge in [-0.1, -0.05) is 13.8 Å². The van der Waals surface area contributed by atoms with Gasteiger partial charge in [0.25, 0.3) is 0 Å². The molecule has 0 aliphatic rings. The smallest absolute Gasteiger partial charge is 0.103 e. The van der Waals surface area contributed by atoms with Crippen molar-refractivity contribution < 1.29 is 4.74 Å². The molecule has 0 N–H and O–H groups in total. The zero-order valence-corrected chi connectivity index (χ0v) is 11.5. The number of methoxy groups -OCH3 is 1. The SMILES string of the molecule is COCc1nc(CSC(C)C)sc1CC#N. The lowest BCUT2D eigenvalue weighted by Crippen LogP contribution is -1.93. The Kier molecular flexibility index (Phi) is 5.81. The summed E-state index contributed by atoms with van der Waals surface area (Å²) in [4.78, 5) is 5.56. The van der Waals surface area contributed by atoms with Crippen LogP contribution >= 0.6 is 23.1 Å². The van der Waals surface area contributed by atoms with E-state index in [0.717, 1.165) is 21.3 Å². The van der Waals surface area contributed by atoms with E-state index in [9.17, 15) is 0 Å². The van der Waals surface area contributed by atoms with E-state index in [1.165, 1.54) is 0 Å². The van der Waals surface area contributed by atoms with Crippen LogP contribution in [0.5, 0.6) is 0 Å². The fraction of sp³-hybridized carbons (Fsp3) is 0.636. The molecule has 0 saturated carbocycles. The first-order valence-corrected chi connectivity index (χ1v) is 6.98. The van der Waals surface area contributed by atoms with Crippen molar-refractivity contribution in [3.05, 3.63) is 15.6 Å². The van der Waals surface area contributed by atoms with Crippen LogP contribution in [0.15, 0.2) is 0 Å². The third-order valence-corrected chi connectivity index (χ3v) is 4.27. The van der Waals surface area contributed by atoms with Crippen molar-refractivity contribution in [2.24, 2.45) is 0 Å². The van der Waals surface area contributed by atoms with Gasteiger partial charge in [0.2, 0.25) is 0 Å². The lowest BCUT2D eigenvalue weighted by molar-refractivity contribution is 0.181. The minimum Gasteiger partial charge on any atom is -0.378 e. The van der Waals surface area contributed by atoms with Crippen LogP contribution in [0.2, 0.25) is 0 Å². The van der Waals surface area contributed by atoms with Gasteiger partial charge in [-0.05, 0) is 5.25 Å². The van der Waals surface area contributed by atoms with Crippen LogP contribution in [0.4, 0.5) is 0 Å². The first-order chi connectivity index (χ1) is 7.67. The van der Waals surface area contributed by atoms with E-state index < -0.39 is 0 Å². The topological polar surface area (TPSA) is 45.9 Å². The summed E-state index contributed by atoms with van der Waals surface area (Å²) in [5.41, 5.74) is 0.924. The van der Waals surface area contributed by atoms with Crippen molar-refractivity contribution in [1.29, 1.82) is 5.26 Å². The Bertz CT molecular complexity index is 369. The third kappa shape index (κ3) is 4.12. The molecule has 0 saturated heterocycles. The maximum Gasteiger partial charge on any atom is 0.103 e. The van der Waals surface area contributed by atoms with Crippen LogP contribution in [0, 0.1) is 11.3 Å². The summed E-state index contributed by atoms with van der Waals surface area (Å²) < 4.78 is 5.08. The van der Waals surface area contributed by atoms with Gasteiger partial charge in [-0.3, -0.25) is 0 Å². The number of hydrogen-bond acceptors (Lipinski definition) is 5. The molecular formula is C11H16N2OS2. The molecule has 88 valence electrons. The van der Waals surface area contributed by atoms with E-state index in [1.807, 2.05) is 11.8 Å². The van der Waals surface area contributed by atoms with Crippen molar-refractivity contribution >= 4 is 23.1 Å². The predicted molar refractivity (Wildman–Crippen MR) is 68.6 cm³/mol. The van der Waals surface area contributed by atoms with Crippen molar-refractivity contribution in [3.63, 3.8) is 0 Å². The minimum atomic E-state index is 0.433. The molecule has 0 amide bonds. The Morgan fingerprint density at radius 1 is 1.56 bits per heavy atom. The van der Waals surface area contributed by atoms with Crippen LogP contribution in [0.1, 0.15) is 29.4 Å². The molecule has 1 heterocycles. The lowest BCUT2D eigenvalue weighted by atomic mass is 10.3.